The standard InChI is InChI=1S/C10H7BrFN3O/c11-8-4-7(12)2-1-6(8)3-10(16)9-5-13-15-14-9/h1-2,4-5H,3H2,(H,13,14,15). The van der Waals surface area contributed by atoms with Gasteiger partial charge in [-0.15, -0.1) is 0 Å². The highest BCUT2D eigenvalue weighted by molar-refractivity contribution is 9.10. The summed E-state index contributed by atoms with van der Waals surface area (Å²) in [5, 5.41) is 9.60. The smallest absolute Gasteiger partial charge is 0.189 e. The van der Waals surface area contributed by atoms with Crippen molar-refractivity contribution in [3.8, 4) is 0 Å². The van der Waals surface area contributed by atoms with Crippen molar-refractivity contribution in [3.05, 3.63) is 45.9 Å². The van der Waals surface area contributed by atoms with E-state index in [4.69, 9.17) is 0 Å². The van der Waals surface area contributed by atoms with E-state index in [9.17, 15) is 9.18 Å². The van der Waals surface area contributed by atoms with Gasteiger partial charge in [0.05, 0.1) is 6.20 Å². The van der Waals surface area contributed by atoms with Crippen molar-refractivity contribution >= 4 is 21.7 Å². The van der Waals surface area contributed by atoms with E-state index in [2.05, 4.69) is 31.3 Å². The molecular weight excluding hydrogens is 277 g/mol. The number of carbonyl (C=O) groups excluding carboxylic acids is 1. The minimum Gasteiger partial charge on any atom is -0.292 e. The monoisotopic (exact) mass is 283 g/mol. The molecule has 0 radical (unpaired) electrons. The van der Waals surface area contributed by atoms with Gasteiger partial charge in [-0.1, -0.05) is 22.0 Å². The lowest BCUT2D eigenvalue weighted by molar-refractivity contribution is 0.0988. The minimum atomic E-state index is -0.343. The van der Waals surface area contributed by atoms with E-state index in [0.29, 0.717) is 4.47 Å². The SMILES string of the molecule is O=C(Cc1ccc(F)cc1Br)c1cn[nH]n1. The molecule has 0 bridgehead atoms. The van der Waals surface area contributed by atoms with E-state index in [0.717, 1.165) is 5.56 Å². The van der Waals surface area contributed by atoms with E-state index in [1.54, 1.807) is 6.07 Å². The summed E-state index contributed by atoms with van der Waals surface area (Å²) in [6, 6.07) is 4.21. The maximum absolute atomic E-state index is 12.8. The molecule has 2 aromatic rings. The number of ketones is 1. The molecule has 0 amide bonds. The fourth-order valence-electron chi connectivity index (χ4n) is 1.26. The van der Waals surface area contributed by atoms with Crippen molar-refractivity contribution in [3.63, 3.8) is 0 Å². The summed E-state index contributed by atoms with van der Waals surface area (Å²) in [4.78, 5) is 11.7. The average Bonchev–Trinajstić information content (AvgIpc) is 2.75. The van der Waals surface area contributed by atoms with Crippen LogP contribution in [0.3, 0.4) is 0 Å². The van der Waals surface area contributed by atoms with Crippen LogP contribution in [0, 0.1) is 5.82 Å². The van der Waals surface area contributed by atoms with Gasteiger partial charge in [-0.3, -0.25) is 4.79 Å². The molecule has 0 aliphatic carbocycles. The maximum atomic E-state index is 12.8. The Bertz CT molecular complexity index is 513. The van der Waals surface area contributed by atoms with E-state index >= 15 is 0 Å². The molecule has 1 N–H and O–H groups in total. The third kappa shape index (κ3) is 2.33. The van der Waals surface area contributed by atoms with Gasteiger partial charge in [-0.05, 0) is 17.7 Å². The molecule has 0 atom stereocenters. The predicted molar refractivity (Wildman–Crippen MR) is 58.5 cm³/mol. The lowest BCUT2D eigenvalue weighted by Crippen LogP contribution is -2.04. The molecule has 1 heterocycles. The number of nitrogens with zero attached hydrogens (tertiary/aromatic N) is 2. The summed E-state index contributed by atoms with van der Waals surface area (Å²) >= 11 is 3.20. The second kappa shape index (κ2) is 4.52. The van der Waals surface area contributed by atoms with Crippen LogP contribution < -0.4 is 0 Å². The minimum absolute atomic E-state index is 0.160. The first-order valence-corrected chi connectivity index (χ1v) is 5.29. The van der Waals surface area contributed by atoms with Gasteiger partial charge in [-0.2, -0.15) is 15.4 Å². The molecule has 0 saturated heterocycles. The van der Waals surface area contributed by atoms with Gasteiger partial charge in [0.2, 0.25) is 0 Å². The summed E-state index contributed by atoms with van der Waals surface area (Å²) in [5.74, 6) is -0.509. The Morgan fingerprint density at radius 1 is 1.50 bits per heavy atom. The van der Waals surface area contributed by atoms with Crippen LogP contribution in [0.4, 0.5) is 4.39 Å². The maximum Gasteiger partial charge on any atom is 0.189 e. The first-order chi connectivity index (χ1) is 7.66. The summed E-state index contributed by atoms with van der Waals surface area (Å²) in [5.41, 5.74) is 0.991. The first-order valence-electron chi connectivity index (χ1n) is 4.49. The highest BCUT2D eigenvalue weighted by atomic mass is 79.9. The summed E-state index contributed by atoms with van der Waals surface area (Å²) < 4.78 is 13.4. The van der Waals surface area contributed by atoms with Crippen LogP contribution in [-0.2, 0) is 6.42 Å². The fraction of sp³-hybridized carbons (Fsp3) is 0.100. The quantitative estimate of drug-likeness (QED) is 0.878. The van der Waals surface area contributed by atoms with E-state index in [1.165, 1.54) is 18.3 Å². The van der Waals surface area contributed by atoms with Crippen molar-refractivity contribution in [1.82, 2.24) is 15.4 Å². The number of carbonyl (C=O) groups is 1. The predicted octanol–water partition coefficient (Wildman–Crippen LogP) is 2.13. The normalized spacial score (nSPS) is 10.4. The molecule has 0 fully saturated rings. The van der Waals surface area contributed by atoms with Gasteiger partial charge in [0.15, 0.2) is 5.78 Å². The third-order valence-electron chi connectivity index (χ3n) is 2.07. The number of aromatic nitrogens is 3. The van der Waals surface area contributed by atoms with Crippen molar-refractivity contribution in [1.29, 1.82) is 0 Å². The number of Topliss-reactive ketones (excluding diaryl/α,β-unsaturated/α-hetero) is 1. The number of nitrogens with one attached hydrogen (secondary N) is 1. The molecule has 6 heteroatoms. The van der Waals surface area contributed by atoms with Gasteiger partial charge in [-0.25, -0.2) is 4.39 Å². The van der Waals surface area contributed by atoms with Crippen LogP contribution in [0.25, 0.3) is 0 Å². The number of aromatic amines is 1. The Morgan fingerprint density at radius 3 is 2.94 bits per heavy atom. The van der Waals surface area contributed by atoms with Crippen LogP contribution in [0.1, 0.15) is 16.1 Å². The number of hydrogen-bond donors (Lipinski definition) is 1. The molecule has 0 spiro atoms. The zero-order valence-corrected chi connectivity index (χ0v) is 9.66. The molecule has 0 saturated carbocycles. The summed E-state index contributed by atoms with van der Waals surface area (Å²) in [6.07, 6.45) is 1.52. The van der Waals surface area contributed by atoms with Gasteiger partial charge >= 0.3 is 0 Å². The van der Waals surface area contributed by atoms with Gasteiger partial charge < -0.3 is 0 Å². The zero-order valence-electron chi connectivity index (χ0n) is 8.08. The number of benzene rings is 1. The lowest BCUT2D eigenvalue weighted by atomic mass is 10.1. The van der Waals surface area contributed by atoms with E-state index in [-0.39, 0.29) is 23.7 Å². The van der Waals surface area contributed by atoms with Gasteiger partial charge in [0.1, 0.15) is 11.5 Å². The molecule has 1 aromatic heterocycles. The first kappa shape index (κ1) is 10.9. The van der Waals surface area contributed by atoms with Crippen molar-refractivity contribution in [2.75, 3.05) is 0 Å². The summed E-state index contributed by atoms with van der Waals surface area (Å²) in [7, 11) is 0. The third-order valence-corrected chi connectivity index (χ3v) is 2.81. The molecule has 1 aromatic carbocycles. The zero-order chi connectivity index (χ0) is 11.5. The molecule has 0 aliphatic heterocycles. The van der Waals surface area contributed by atoms with E-state index in [1.807, 2.05) is 0 Å². The molecule has 0 unspecified atom stereocenters. The van der Waals surface area contributed by atoms with Crippen molar-refractivity contribution in [2.24, 2.45) is 0 Å². The molecule has 0 aliphatic rings. The largest absolute Gasteiger partial charge is 0.292 e. The van der Waals surface area contributed by atoms with Crippen LogP contribution in [0.5, 0.6) is 0 Å². The van der Waals surface area contributed by atoms with Crippen molar-refractivity contribution < 1.29 is 9.18 Å². The number of halogens is 2. The molecule has 82 valence electrons. The van der Waals surface area contributed by atoms with Gasteiger partial charge in [0, 0.05) is 10.9 Å². The number of rotatable bonds is 3. The molecule has 2 rings (SSSR count). The van der Waals surface area contributed by atoms with Crippen molar-refractivity contribution in [2.45, 2.75) is 6.42 Å². The lowest BCUT2D eigenvalue weighted by Gasteiger charge is -2.02. The van der Waals surface area contributed by atoms with Crippen LogP contribution in [-0.4, -0.2) is 21.2 Å². The van der Waals surface area contributed by atoms with Crippen LogP contribution in [0.15, 0.2) is 28.9 Å². The Kier molecular flexibility index (Phi) is 3.09. The highest BCUT2D eigenvalue weighted by Crippen LogP contribution is 2.19. The second-order valence-corrected chi connectivity index (χ2v) is 4.05. The number of hydrogen-bond acceptors (Lipinski definition) is 3. The Labute approximate surface area is 99.0 Å². The highest BCUT2D eigenvalue weighted by Gasteiger charge is 2.12. The van der Waals surface area contributed by atoms with E-state index < -0.39 is 0 Å². The average molecular weight is 284 g/mol. The fourth-order valence-corrected chi connectivity index (χ4v) is 1.76. The molecule has 4 nitrogen and oxygen atoms in total. The Hall–Kier alpha value is -1.56. The summed E-state index contributed by atoms with van der Waals surface area (Å²) in [6.45, 7) is 0. The Morgan fingerprint density at radius 2 is 2.31 bits per heavy atom. The van der Waals surface area contributed by atoms with Crippen LogP contribution >= 0.6 is 15.9 Å². The number of H-pyrrole nitrogens is 1. The van der Waals surface area contributed by atoms with Gasteiger partial charge in [0.25, 0.3) is 0 Å². The van der Waals surface area contributed by atoms with Crippen LogP contribution in [0.2, 0.25) is 0 Å². The second-order valence-electron chi connectivity index (χ2n) is 3.19. The topological polar surface area (TPSA) is 58.6 Å². The molecular formula is C10H7BrFN3O. The Balaban J connectivity index is 2.18. The molecule has 16 heavy (non-hydrogen) atoms.